The number of amides is 1. The van der Waals surface area contributed by atoms with Gasteiger partial charge in [-0.15, -0.1) is 0 Å². The third-order valence-corrected chi connectivity index (χ3v) is 3.86. The van der Waals surface area contributed by atoms with Gasteiger partial charge in [-0.25, -0.2) is 0 Å². The number of hydrogen-bond donors (Lipinski definition) is 0. The van der Waals surface area contributed by atoms with Gasteiger partial charge in [0.05, 0.1) is 24.5 Å². The summed E-state index contributed by atoms with van der Waals surface area (Å²) in [5.41, 5.74) is 3.04. The molecule has 0 saturated carbocycles. The number of hydrogen-bond acceptors (Lipinski definition) is 4. The van der Waals surface area contributed by atoms with Crippen LogP contribution in [0.25, 0.3) is 0 Å². The molecule has 2 aromatic heterocycles. The van der Waals surface area contributed by atoms with Crippen LogP contribution in [0.1, 0.15) is 29.1 Å². The average Bonchev–Trinajstić information content (AvgIpc) is 3.03. The first-order valence-corrected chi connectivity index (χ1v) is 6.85. The zero-order valence-corrected chi connectivity index (χ0v) is 11.8. The summed E-state index contributed by atoms with van der Waals surface area (Å²) in [4.78, 5) is 14.2. The fraction of sp³-hybridized carbons (Fsp3) is 0.500. The van der Waals surface area contributed by atoms with Gasteiger partial charge in [-0.3, -0.25) is 9.48 Å². The number of aromatic nitrogens is 3. The van der Waals surface area contributed by atoms with Gasteiger partial charge in [0, 0.05) is 24.7 Å². The molecule has 6 heteroatoms. The van der Waals surface area contributed by atoms with E-state index in [2.05, 4.69) is 10.3 Å². The molecule has 0 unspecified atom stereocenters. The van der Waals surface area contributed by atoms with Gasteiger partial charge in [0.25, 0.3) is 0 Å². The van der Waals surface area contributed by atoms with E-state index in [-0.39, 0.29) is 5.91 Å². The van der Waals surface area contributed by atoms with Crippen LogP contribution in [0, 0.1) is 13.8 Å². The van der Waals surface area contributed by atoms with E-state index in [9.17, 15) is 4.79 Å². The van der Waals surface area contributed by atoms with Crippen molar-refractivity contribution in [2.45, 2.75) is 39.8 Å². The number of aryl methyl sites for hydroxylation is 2. The molecule has 1 amide bonds. The lowest BCUT2D eigenvalue weighted by molar-refractivity contribution is -0.132. The molecule has 106 valence electrons. The third kappa shape index (κ3) is 2.33. The molecule has 6 nitrogen and oxygen atoms in total. The molecule has 20 heavy (non-hydrogen) atoms. The van der Waals surface area contributed by atoms with Gasteiger partial charge in [-0.05, 0) is 26.3 Å². The first-order valence-electron chi connectivity index (χ1n) is 6.85. The molecule has 2 aromatic rings. The van der Waals surface area contributed by atoms with E-state index >= 15 is 0 Å². The molecule has 1 aliphatic heterocycles. The quantitative estimate of drug-likeness (QED) is 0.850. The van der Waals surface area contributed by atoms with Gasteiger partial charge in [0.2, 0.25) is 5.91 Å². The van der Waals surface area contributed by atoms with Crippen LogP contribution < -0.4 is 0 Å². The van der Waals surface area contributed by atoms with Crippen LogP contribution >= 0.6 is 0 Å². The van der Waals surface area contributed by atoms with Crippen molar-refractivity contribution in [1.29, 1.82) is 0 Å². The van der Waals surface area contributed by atoms with Crippen LogP contribution in [-0.4, -0.2) is 32.3 Å². The van der Waals surface area contributed by atoms with E-state index in [1.165, 1.54) is 0 Å². The van der Waals surface area contributed by atoms with Crippen LogP contribution in [-0.2, 0) is 24.3 Å². The van der Waals surface area contributed by atoms with E-state index < -0.39 is 0 Å². The topological polar surface area (TPSA) is 64.2 Å². The maximum absolute atomic E-state index is 12.3. The molecule has 0 spiro atoms. The van der Waals surface area contributed by atoms with Gasteiger partial charge < -0.3 is 9.42 Å². The van der Waals surface area contributed by atoms with Crippen molar-refractivity contribution in [1.82, 2.24) is 19.8 Å². The predicted molar refractivity (Wildman–Crippen MR) is 71.9 cm³/mol. The smallest absolute Gasteiger partial charge is 0.223 e. The highest BCUT2D eigenvalue weighted by Crippen LogP contribution is 2.17. The summed E-state index contributed by atoms with van der Waals surface area (Å²) < 4.78 is 7.08. The minimum absolute atomic E-state index is 0.178. The summed E-state index contributed by atoms with van der Waals surface area (Å²) in [5, 5.41) is 8.14. The van der Waals surface area contributed by atoms with Crippen LogP contribution in [0.5, 0.6) is 0 Å². The second kappa shape index (κ2) is 5.11. The molecular weight excluding hydrogens is 256 g/mol. The number of rotatable bonds is 3. The Balaban J connectivity index is 1.61. The highest BCUT2D eigenvalue weighted by atomic mass is 16.5. The Labute approximate surface area is 117 Å². The van der Waals surface area contributed by atoms with Crippen LogP contribution in [0.3, 0.4) is 0 Å². The van der Waals surface area contributed by atoms with Crippen LogP contribution in [0.4, 0.5) is 0 Å². The Morgan fingerprint density at radius 1 is 1.40 bits per heavy atom. The van der Waals surface area contributed by atoms with Crippen molar-refractivity contribution >= 4 is 5.91 Å². The number of carbonyl (C=O) groups excluding carboxylic acids is 1. The lowest BCUT2D eigenvalue weighted by Crippen LogP contribution is -2.38. The number of nitrogens with zero attached hydrogens (tertiary/aromatic N) is 4. The van der Waals surface area contributed by atoms with E-state index in [1.807, 2.05) is 29.5 Å². The zero-order chi connectivity index (χ0) is 14.1. The van der Waals surface area contributed by atoms with Crippen molar-refractivity contribution in [3.05, 3.63) is 35.0 Å². The van der Waals surface area contributed by atoms with Crippen molar-refractivity contribution in [2.24, 2.45) is 0 Å². The molecule has 0 radical (unpaired) electrons. The van der Waals surface area contributed by atoms with Gasteiger partial charge in [-0.2, -0.15) is 5.10 Å². The summed E-state index contributed by atoms with van der Waals surface area (Å²) in [5.74, 6) is 0.990. The number of carbonyl (C=O) groups is 1. The summed E-state index contributed by atoms with van der Waals surface area (Å²) in [6.07, 6.45) is 2.97. The molecule has 0 bridgehead atoms. The third-order valence-electron chi connectivity index (χ3n) is 3.86. The minimum atomic E-state index is 0.178. The maximum Gasteiger partial charge on any atom is 0.223 e. The second-order valence-electron chi connectivity index (χ2n) is 5.16. The second-order valence-corrected chi connectivity index (χ2v) is 5.16. The summed E-state index contributed by atoms with van der Waals surface area (Å²) in [6, 6.07) is 1.97. The van der Waals surface area contributed by atoms with Crippen molar-refractivity contribution in [3.8, 4) is 0 Å². The SMILES string of the molecule is Cc1noc(C)c1CCC(=O)N1CCn2nccc2C1. The largest absolute Gasteiger partial charge is 0.361 e. The van der Waals surface area contributed by atoms with Gasteiger partial charge in [0.1, 0.15) is 5.76 Å². The van der Waals surface area contributed by atoms with E-state index in [4.69, 9.17) is 4.52 Å². The summed E-state index contributed by atoms with van der Waals surface area (Å²) in [7, 11) is 0. The average molecular weight is 274 g/mol. The highest BCUT2D eigenvalue weighted by molar-refractivity contribution is 5.76. The van der Waals surface area contributed by atoms with E-state index in [0.29, 0.717) is 19.4 Å². The van der Waals surface area contributed by atoms with E-state index in [0.717, 1.165) is 35.8 Å². The normalized spacial score (nSPS) is 14.4. The Bertz CT molecular complexity index is 609. The molecule has 3 heterocycles. The van der Waals surface area contributed by atoms with Crippen molar-refractivity contribution in [2.75, 3.05) is 6.54 Å². The fourth-order valence-corrected chi connectivity index (χ4v) is 2.65. The van der Waals surface area contributed by atoms with E-state index in [1.54, 1.807) is 6.20 Å². The first kappa shape index (κ1) is 12.9. The molecule has 0 aliphatic carbocycles. The lowest BCUT2D eigenvalue weighted by atomic mass is 10.1. The van der Waals surface area contributed by atoms with Gasteiger partial charge in [0.15, 0.2) is 0 Å². The molecule has 0 atom stereocenters. The Hall–Kier alpha value is -2.11. The minimum Gasteiger partial charge on any atom is -0.361 e. The Kier molecular flexibility index (Phi) is 3.30. The van der Waals surface area contributed by atoms with Crippen molar-refractivity contribution < 1.29 is 9.32 Å². The van der Waals surface area contributed by atoms with Crippen LogP contribution in [0.2, 0.25) is 0 Å². The van der Waals surface area contributed by atoms with Crippen LogP contribution in [0.15, 0.2) is 16.8 Å². The molecule has 1 aliphatic rings. The molecule has 0 fully saturated rings. The van der Waals surface area contributed by atoms with Crippen molar-refractivity contribution in [3.63, 3.8) is 0 Å². The fourth-order valence-electron chi connectivity index (χ4n) is 2.65. The summed E-state index contributed by atoms with van der Waals surface area (Å²) in [6.45, 7) is 5.96. The molecular formula is C14H18N4O2. The Morgan fingerprint density at radius 2 is 2.25 bits per heavy atom. The van der Waals surface area contributed by atoms with Gasteiger partial charge in [-0.1, -0.05) is 5.16 Å². The highest BCUT2D eigenvalue weighted by Gasteiger charge is 2.21. The standard InChI is InChI=1S/C14H18N4O2/c1-10-13(11(2)20-16-10)3-4-14(19)17-7-8-18-12(9-17)5-6-15-18/h5-6H,3-4,7-9H2,1-2H3. The number of fused-ring (bicyclic) bond motifs is 1. The lowest BCUT2D eigenvalue weighted by Gasteiger charge is -2.27. The molecule has 0 aromatic carbocycles. The van der Waals surface area contributed by atoms with Gasteiger partial charge >= 0.3 is 0 Å². The summed E-state index contributed by atoms with van der Waals surface area (Å²) >= 11 is 0. The monoisotopic (exact) mass is 274 g/mol. The molecule has 3 rings (SSSR count). The zero-order valence-electron chi connectivity index (χ0n) is 11.8. The maximum atomic E-state index is 12.3. The first-order chi connectivity index (χ1) is 9.65. The predicted octanol–water partition coefficient (Wildman–Crippen LogP) is 1.46. The Morgan fingerprint density at radius 3 is 3.00 bits per heavy atom. The molecule has 0 saturated heterocycles. The molecule has 0 N–H and O–H groups in total.